The zero-order chi connectivity index (χ0) is 15.4. The van der Waals surface area contributed by atoms with E-state index in [1.54, 1.807) is 30.3 Å². The number of nitrogens with zero attached hydrogens (tertiary/aromatic N) is 2. The minimum atomic E-state index is -0.174. The lowest BCUT2D eigenvalue weighted by molar-refractivity contribution is 0.475. The van der Waals surface area contributed by atoms with E-state index < -0.39 is 0 Å². The number of nitrogens with two attached hydrogens (primary N) is 3. The van der Waals surface area contributed by atoms with Gasteiger partial charge in [-0.2, -0.15) is 0 Å². The van der Waals surface area contributed by atoms with E-state index in [9.17, 15) is 5.11 Å². The highest BCUT2D eigenvalue weighted by molar-refractivity contribution is 6.31. The predicted molar refractivity (Wildman–Crippen MR) is 85.4 cm³/mol. The van der Waals surface area contributed by atoms with Crippen LogP contribution in [-0.4, -0.2) is 16.8 Å². The van der Waals surface area contributed by atoms with Crippen molar-refractivity contribution in [1.29, 1.82) is 0 Å². The first kappa shape index (κ1) is 14.7. The number of hydrogen-bond acceptors (Lipinski definition) is 4. The molecule has 0 unspecified atom stereocenters. The molecule has 0 aliphatic rings. The third-order valence-electron chi connectivity index (χ3n) is 2.68. The second-order valence-electron chi connectivity index (χ2n) is 4.25. The SMILES string of the molecule is NC(N)=N/N=C(\c1ccc(O)cc1)c1cc(Cl)ccc1N. The summed E-state index contributed by atoms with van der Waals surface area (Å²) in [5.74, 6) is -0.0362. The molecule has 0 atom stereocenters. The van der Waals surface area contributed by atoms with Gasteiger partial charge in [-0.15, -0.1) is 10.2 Å². The predicted octanol–water partition coefficient (Wildman–Crippen LogP) is 1.65. The van der Waals surface area contributed by atoms with Crippen LogP contribution in [0.2, 0.25) is 5.02 Å². The molecular weight excluding hydrogens is 290 g/mol. The number of anilines is 1. The van der Waals surface area contributed by atoms with Gasteiger partial charge in [0.15, 0.2) is 0 Å². The van der Waals surface area contributed by atoms with E-state index in [4.69, 9.17) is 28.8 Å². The molecule has 0 amide bonds. The van der Waals surface area contributed by atoms with Crippen molar-refractivity contribution in [1.82, 2.24) is 0 Å². The summed E-state index contributed by atoms with van der Waals surface area (Å²) < 4.78 is 0. The molecule has 0 radical (unpaired) electrons. The second kappa shape index (κ2) is 6.15. The maximum Gasteiger partial charge on any atom is 0.211 e. The van der Waals surface area contributed by atoms with E-state index in [1.165, 1.54) is 12.1 Å². The van der Waals surface area contributed by atoms with E-state index in [1.807, 2.05) is 0 Å². The van der Waals surface area contributed by atoms with Crippen LogP contribution in [0.15, 0.2) is 52.7 Å². The number of hydrogen-bond donors (Lipinski definition) is 4. The van der Waals surface area contributed by atoms with Crippen molar-refractivity contribution < 1.29 is 5.11 Å². The Labute approximate surface area is 126 Å². The van der Waals surface area contributed by atoms with Crippen molar-refractivity contribution in [2.24, 2.45) is 21.7 Å². The topological polar surface area (TPSA) is 123 Å². The van der Waals surface area contributed by atoms with Crippen LogP contribution in [0.3, 0.4) is 0 Å². The molecule has 0 fully saturated rings. The van der Waals surface area contributed by atoms with Crippen LogP contribution in [0, 0.1) is 0 Å². The number of nitrogen functional groups attached to an aromatic ring is 1. The molecule has 0 aliphatic carbocycles. The monoisotopic (exact) mass is 303 g/mol. The smallest absolute Gasteiger partial charge is 0.211 e. The van der Waals surface area contributed by atoms with Crippen molar-refractivity contribution in [3.05, 3.63) is 58.6 Å². The van der Waals surface area contributed by atoms with Gasteiger partial charge in [-0.1, -0.05) is 11.6 Å². The van der Waals surface area contributed by atoms with E-state index in [0.29, 0.717) is 27.5 Å². The van der Waals surface area contributed by atoms with Gasteiger partial charge in [-0.3, -0.25) is 0 Å². The number of aromatic hydroxyl groups is 1. The molecule has 0 aliphatic heterocycles. The average molecular weight is 304 g/mol. The van der Waals surface area contributed by atoms with Crippen LogP contribution in [0.4, 0.5) is 5.69 Å². The standard InChI is InChI=1S/C14H14ClN5O/c15-9-3-6-12(16)11(7-9)13(19-20-14(17)18)8-1-4-10(21)5-2-8/h1-7,21H,16H2,(H4,17,18,20)/b19-13+. The van der Waals surface area contributed by atoms with Gasteiger partial charge < -0.3 is 22.3 Å². The Balaban J connectivity index is 2.61. The highest BCUT2D eigenvalue weighted by Gasteiger charge is 2.12. The highest BCUT2D eigenvalue weighted by atomic mass is 35.5. The van der Waals surface area contributed by atoms with Gasteiger partial charge in [0.05, 0.1) is 0 Å². The number of guanidine groups is 1. The molecule has 0 saturated carbocycles. The van der Waals surface area contributed by atoms with Crippen LogP contribution in [-0.2, 0) is 0 Å². The van der Waals surface area contributed by atoms with Crippen molar-refractivity contribution in [2.75, 3.05) is 5.73 Å². The number of rotatable bonds is 3. The Hall–Kier alpha value is -2.73. The van der Waals surface area contributed by atoms with Gasteiger partial charge in [0.2, 0.25) is 5.96 Å². The van der Waals surface area contributed by atoms with Crippen LogP contribution in [0.1, 0.15) is 11.1 Å². The third-order valence-corrected chi connectivity index (χ3v) is 2.91. The molecule has 7 N–H and O–H groups in total. The lowest BCUT2D eigenvalue weighted by Gasteiger charge is -2.09. The van der Waals surface area contributed by atoms with Crippen molar-refractivity contribution >= 4 is 29.0 Å². The van der Waals surface area contributed by atoms with Crippen LogP contribution >= 0.6 is 11.6 Å². The second-order valence-corrected chi connectivity index (χ2v) is 4.69. The van der Waals surface area contributed by atoms with Gasteiger partial charge in [0, 0.05) is 21.8 Å². The fourth-order valence-corrected chi connectivity index (χ4v) is 1.90. The Morgan fingerprint density at radius 3 is 2.29 bits per heavy atom. The zero-order valence-electron chi connectivity index (χ0n) is 11.0. The van der Waals surface area contributed by atoms with Gasteiger partial charge in [-0.05, 0) is 42.5 Å². The summed E-state index contributed by atoms with van der Waals surface area (Å²) in [6.07, 6.45) is 0. The molecule has 0 spiro atoms. The lowest BCUT2D eigenvalue weighted by Crippen LogP contribution is -2.22. The van der Waals surface area contributed by atoms with Gasteiger partial charge in [-0.25, -0.2) is 0 Å². The van der Waals surface area contributed by atoms with Gasteiger partial charge in [0.25, 0.3) is 0 Å². The number of halogens is 1. The minimum Gasteiger partial charge on any atom is -0.508 e. The maximum absolute atomic E-state index is 9.37. The normalized spacial score (nSPS) is 11.2. The van der Waals surface area contributed by atoms with Gasteiger partial charge in [0.1, 0.15) is 11.5 Å². The van der Waals surface area contributed by atoms with E-state index >= 15 is 0 Å². The molecule has 2 rings (SSSR count). The van der Waals surface area contributed by atoms with Crippen LogP contribution < -0.4 is 17.2 Å². The summed E-state index contributed by atoms with van der Waals surface area (Å²) >= 11 is 6.00. The van der Waals surface area contributed by atoms with Crippen molar-refractivity contribution in [3.63, 3.8) is 0 Å². The molecule has 7 heteroatoms. The van der Waals surface area contributed by atoms with Gasteiger partial charge >= 0.3 is 0 Å². The molecule has 21 heavy (non-hydrogen) atoms. The number of benzene rings is 2. The molecule has 6 nitrogen and oxygen atoms in total. The fraction of sp³-hybridized carbons (Fsp3) is 0. The first-order chi connectivity index (χ1) is 9.97. The molecule has 2 aromatic carbocycles. The highest BCUT2D eigenvalue weighted by Crippen LogP contribution is 2.23. The Bertz CT molecular complexity index is 706. The molecule has 0 saturated heterocycles. The maximum atomic E-state index is 9.37. The molecule has 0 aromatic heterocycles. The number of phenols is 1. The quantitative estimate of drug-likeness (QED) is 0.298. The summed E-state index contributed by atoms with van der Waals surface area (Å²) in [5, 5.41) is 17.6. The summed E-state index contributed by atoms with van der Waals surface area (Å²) in [6.45, 7) is 0. The Kier molecular flexibility index (Phi) is 4.30. The van der Waals surface area contributed by atoms with E-state index in [0.717, 1.165) is 0 Å². The fourth-order valence-electron chi connectivity index (χ4n) is 1.73. The third kappa shape index (κ3) is 3.64. The number of phenolic OH excluding ortho intramolecular Hbond substituents is 1. The lowest BCUT2D eigenvalue weighted by atomic mass is 10.0. The summed E-state index contributed by atoms with van der Waals surface area (Å²) in [5.41, 5.74) is 18.8. The minimum absolute atomic E-state index is 0.138. The average Bonchev–Trinajstić information content (AvgIpc) is 2.44. The Morgan fingerprint density at radius 1 is 1.00 bits per heavy atom. The van der Waals surface area contributed by atoms with E-state index in [2.05, 4.69) is 10.2 Å². The summed E-state index contributed by atoms with van der Waals surface area (Å²) in [6, 6.07) is 11.4. The zero-order valence-corrected chi connectivity index (χ0v) is 11.7. The largest absolute Gasteiger partial charge is 0.508 e. The van der Waals surface area contributed by atoms with Crippen molar-refractivity contribution in [2.45, 2.75) is 0 Å². The van der Waals surface area contributed by atoms with Crippen molar-refractivity contribution in [3.8, 4) is 5.75 Å². The molecular formula is C14H14ClN5O. The first-order valence-corrected chi connectivity index (χ1v) is 6.36. The molecule has 0 heterocycles. The Morgan fingerprint density at radius 2 is 1.67 bits per heavy atom. The van der Waals surface area contributed by atoms with Crippen LogP contribution in [0.5, 0.6) is 5.75 Å². The molecule has 108 valence electrons. The summed E-state index contributed by atoms with van der Waals surface area (Å²) in [4.78, 5) is 0. The summed E-state index contributed by atoms with van der Waals surface area (Å²) in [7, 11) is 0. The molecule has 2 aromatic rings. The van der Waals surface area contributed by atoms with Crippen LogP contribution in [0.25, 0.3) is 0 Å². The molecule has 0 bridgehead atoms. The first-order valence-electron chi connectivity index (χ1n) is 5.99. The van der Waals surface area contributed by atoms with E-state index in [-0.39, 0.29) is 11.7 Å².